The molecule has 2 N–H and O–H groups in total. The summed E-state index contributed by atoms with van der Waals surface area (Å²) in [5, 5.41) is 10.1. The van der Waals surface area contributed by atoms with Crippen LogP contribution in [-0.2, 0) is 10.6 Å². The number of amides is 1. The van der Waals surface area contributed by atoms with Crippen LogP contribution in [0.15, 0.2) is 30.3 Å². The van der Waals surface area contributed by atoms with E-state index < -0.39 is 29.8 Å². The molecule has 3 nitrogen and oxygen atoms in total. The summed E-state index contributed by atoms with van der Waals surface area (Å²) in [5.41, 5.74) is -0.422. The molecule has 1 rings (SSSR count). The first-order valence-electron chi connectivity index (χ1n) is 4.85. The van der Waals surface area contributed by atoms with Crippen LogP contribution in [0.3, 0.4) is 0 Å². The number of hydrogen-bond acceptors (Lipinski definition) is 2. The molecule has 6 heteroatoms. The molecule has 0 radical (unpaired) electrons. The molecule has 1 amide bonds. The average Bonchev–Trinajstić information content (AvgIpc) is 2.29. The van der Waals surface area contributed by atoms with Crippen molar-refractivity contribution in [1.82, 2.24) is 5.32 Å². The molecular weight excluding hydrogens is 235 g/mol. The summed E-state index contributed by atoms with van der Waals surface area (Å²) in [7, 11) is 0. The molecule has 0 spiro atoms. The van der Waals surface area contributed by atoms with Crippen molar-refractivity contribution in [3.8, 4) is 0 Å². The lowest BCUT2D eigenvalue weighted by atomic mass is 9.97. The number of carbonyl (C=O) groups is 1. The van der Waals surface area contributed by atoms with Crippen LogP contribution in [0.25, 0.3) is 0 Å². The fourth-order valence-corrected chi connectivity index (χ4v) is 1.39. The molecule has 0 bridgehead atoms. The molecule has 1 aromatic rings. The maximum Gasteiger partial charge on any atom is 0.326 e. The first-order valence-corrected chi connectivity index (χ1v) is 4.85. The number of halogens is 3. The van der Waals surface area contributed by atoms with E-state index in [2.05, 4.69) is 0 Å². The van der Waals surface area contributed by atoms with Gasteiger partial charge in [0.15, 0.2) is 0 Å². The molecule has 17 heavy (non-hydrogen) atoms. The minimum atomic E-state index is -4.11. The van der Waals surface area contributed by atoms with Crippen LogP contribution in [0.2, 0.25) is 0 Å². The van der Waals surface area contributed by atoms with Gasteiger partial charge in [-0.05, 0) is 0 Å². The third-order valence-electron chi connectivity index (χ3n) is 2.22. The molecule has 0 aliphatic carbocycles. The molecule has 0 saturated heterocycles. The standard InChI is InChI=1S/C11H12F3NO2/c1-8(17)15-11(14,10(12,13)7-16)9-5-3-2-4-6-9/h2-6,16H,7H2,1H3,(H,15,17). The highest BCUT2D eigenvalue weighted by atomic mass is 19.3. The first-order chi connectivity index (χ1) is 7.83. The van der Waals surface area contributed by atoms with Gasteiger partial charge in [-0.15, -0.1) is 0 Å². The highest BCUT2D eigenvalue weighted by Crippen LogP contribution is 2.38. The second kappa shape index (κ2) is 4.75. The van der Waals surface area contributed by atoms with Gasteiger partial charge in [0.2, 0.25) is 5.91 Å². The zero-order valence-electron chi connectivity index (χ0n) is 9.08. The summed E-state index contributed by atoms with van der Waals surface area (Å²) >= 11 is 0. The highest BCUT2D eigenvalue weighted by Gasteiger charge is 2.56. The SMILES string of the molecule is CC(=O)NC(F)(c1ccccc1)C(F)(F)CO. The van der Waals surface area contributed by atoms with E-state index in [1.54, 1.807) is 5.32 Å². The summed E-state index contributed by atoms with van der Waals surface area (Å²) in [6, 6.07) is 6.46. The van der Waals surface area contributed by atoms with Crippen molar-refractivity contribution in [2.75, 3.05) is 6.61 Å². The molecule has 0 aliphatic heterocycles. The van der Waals surface area contributed by atoms with E-state index in [4.69, 9.17) is 5.11 Å². The van der Waals surface area contributed by atoms with Crippen LogP contribution >= 0.6 is 0 Å². The van der Waals surface area contributed by atoms with E-state index in [1.165, 1.54) is 18.2 Å². The molecule has 1 aromatic carbocycles. The van der Waals surface area contributed by atoms with Gasteiger partial charge in [0.05, 0.1) is 0 Å². The van der Waals surface area contributed by atoms with Gasteiger partial charge < -0.3 is 10.4 Å². The number of alkyl halides is 3. The van der Waals surface area contributed by atoms with E-state index >= 15 is 0 Å². The Morgan fingerprint density at radius 2 is 1.82 bits per heavy atom. The molecule has 0 fully saturated rings. The number of aliphatic hydroxyl groups excluding tert-OH is 1. The Morgan fingerprint density at radius 1 is 1.29 bits per heavy atom. The Labute approximate surface area is 96.3 Å². The predicted octanol–water partition coefficient (Wildman–Crippen LogP) is 1.57. The topological polar surface area (TPSA) is 49.3 Å². The van der Waals surface area contributed by atoms with Crippen molar-refractivity contribution in [3.63, 3.8) is 0 Å². The number of carbonyl (C=O) groups excluding carboxylic acids is 1. The van der Waals surface area contributed by atoms with Crippen LogP contribution < -0.4 is 5.32 Å². The maximum atomic E-state index is 14.3. The fourth-order valence-electron chi connectivity index (χ4n) is 1.39. The fraction of sp³-hybridized carbons (Fsp3) is 0.364. The van der Waals surface area contributed by atoms with Crippen LogP contribution in [0.4, 0.5) is 13.2 Å². The van der Waals surface area contributed by atoms with Crippen molar-refractivity contribution in [3.05, 3.63) is 35.9 Å². The van der Waals surface area contributed by atoms with Gasteiger partial charge in [0.25, 0.3) is 5.79 Å². The molecule has 0 saturated carbocycles. The van der Waals surface area contributed by atoms with Crippen molar-refractivity contribution >= 4 is 5.91 Å². The van der Waals surface area contributed by atoms with E-state index in [0.29, 0.717) is 0 Å². The zero-order valence-corrected chi connectivity index (χ0v) is 9.08. The van der Waals surface area contributed by atoms with E-state index in [9.17, 15) is 18.0 Å². The lowest BCUT2D eigenvalue weighted by molar-refractivity contribution is -0.186. The molecule has 1 unspecified atom stereocenters. The largest absolute Gasteiger partial charge is 0.390 e. The lowest BCUT2D eigenvalue weighted by Crippen LogP contribution is -2.56. The van der Waals surface area contributed by atoms with Gasteiger partial charge >= 0.3 is 5.92 Å². The van der Waals surface area contributed by atoms with Gasteiger partial charge in [0, 0.05) is 12.5 Å². The monoisotopic (exact) mass is 247 g/mol. The molecule has 0 aliphatic rings. The molecule has 94 valence electrons. The van der Waals surface area contributed by atoms with Crippen LogP contribution in [-0.4, -0.2) is 23.5 Å². The van der Waals surface area contributed by atoms with Crippen LogP contribution in [0.5, 0.6) is 0 Å². The number of aliphatic hydroxyl groups is 1. The van der Waals surface area contributed by atoms with Crippen LogP contribution in [0.1, 0.15) is 12.5 Å². The lowest BCUT2D eigenvalue weighted by Gasteiger charge is -2.32. The predicted molar refractivity (Wildman–Crippen MR) is 55.1 cm³/mol. The molecular formula is C11H12F3NO2. The average molecular weight is 247 g/mol. The Balaban J connectivity index is 3.25. The van der Waals surface area contributed by atoms with Crippen molar-refractivity contribution < 1.29 is 23.1 Å². The number of nitrogens with one attached hydrogen (secondary N) is 1. The van der Waals surface area contributed by atoms with Gasteiger partial charge in [-0.25, -0.2) is 4.39 Å². The quantitative estimate of drug-likeness (QED) is 0.793. The summed E-state index contributed by atoms with van der Waals surface area (Å²) in [6.45, 7) is -0.788. The molecule has 0 aromatic heterocycles. The van der Waals surface area contributed by atoms with Gasteiger partial charge in [-0.1, -0.05) is 30.3 Å². The van der Waals surface area contributed by atoms with E-state index in [0.717, 1.165) is 19.1 Å². The third-order valence-corrected chi connectivity index (χ3v) is 2.22. The Hall–Kier alpha value is -1.56. The van der Waals surface area contributed by atoms with Crippen LogP contribution in [0, 0.1) is 0 Å². The maximum absolute atomic E-state index is 14.3. The Bertz CT molecular complexity index is 397. The Morgan fingerprint density at radius 3 is 2.24 bits per heavy atom. The van der Waals surface area contributed by atoms with Gasteiger partial charge in [-0.2, -0.15) is 8.78 Å². The van der Waals surface area contributed by atoms with Crippen molar-refractivity contribution in [2.45, 2.75) is 18.6 Å². The second-order valence-electron chi connectivity index (χ2n) is 3.57. The molecule has 1 atom stereocenters. The van der Waals surface area contributed by atoms with E-state index in [-0.39, 0.29) is 0 Å². The van der Waals surface area contributed by atoms with Gasteiger partial charge in [0.1, 0.15) is 6.61 Å². The van der Waals surface area contributed by atoms with Crippen molar-refractivity contribution in [1.29, 1.82) is 0 Å². The summed E-state index contributed by atoms with van der Waals surface area (Å²) in [5.74, 6) is -8.49. The third kappa shape index (κ3) is 2.58. The Kier molecular flexibility index (Phi) is 3.77. The van der Waals surface area contributed by atoms with E-state index in [1.807, 2.05) is 0 Å². The summed E-state index contributed by atoms with van der Waals surface area (Å²) in [4.78, 5) is 10.8. The minimum absolute atomic E-state index is 0.422. The summed E-state index contributed by atoms with van der Waals surface area (Å²) in [6.07, 6.45) is 0. The number of benzene rings is 1. The number of hydrogen-bond donors (Lipinski definition) is 2. The highest BCUT2D eigenvalue weighted by molar-refractivity contribution is 5.74. The smallest absolute Gasteiger partial charge is 0.326 e. The minimum Gasteiger partial charge on any atom is -0.390 e. The zero-order chi connectivity index (χ0) is 13.1. The van der Waals surface area contributed by atoms with Gasteiger partial charge in [-0.3, -0.25) is 4.79 Å². The van der Waals surface area contributed by atoms with Crippen molar-refractivity contribution in [2.24, 2.45) is 0 Å². The second-order valence-corrected chi connectivity index (χ2v) is 3.57. The first kappa shape index (κ1) is 13.5. The molecule has 0 heterocycles. The number of rotatable bonds is 4. The normalized spacial score (nSPS) is 15.1. The summed E-state index contributed by atoms with van der Waals surface area (Å²) < 4.78 is 41.1.